The summed E-state index contributed by atoms with van der Waals surface area (Å²) in [5.41, 5.74) is 5.22. The Balaban J connectivity index is 1.27. The Kier molecular flexibility index (Phi) is 3.99. The second kappa shape index (κ2) is 6.09. The number of primary amides is 1. The lowest BCUT2D eigenvalue weighted by atomic mass is 9.46. The van der Waals surface area contributed by atoms with Crippen molar-refractivity contribution in [1.29, 1.82) is 0 Å². The number of amides is 1. The molecular weight excluding hydrogens is 494 g/mol. The summed E-state index contributed by atoms with van der Waals surface area (Å²) in [7, 11) is -3.78. The van der Waals surface area contributed by atoms with Crippen LogP contribution in [0.3, 0.4) is 0 Å². The maximum absolute atomic E-state index is 13.2. The fourth-order valence-corrected chi connectivity index (χ4v) is 9.93. The van der Waals surface area contributed by atoms with Crippen molar-refractivity contribution in [2.24, 2.45) is 32.8 Å². The molecule has 1 heterocycles. The van der Waals surface area contributed by atoms with Crippen LogP contribution in [0.4, 0.5) is 0 Å². The summed E-state index contributed by atoms with van der Waals surface area (Å²) in [6.07, 6.45) is 4.76. The van der Waals surface area contributed by atoms with Crippen LogP contribution >= 0.6 is 15.9 Å². The van der Waals surface area contributed by atoms with Crippen LogP contribution in [0.25, 0.3) is 0 Å². The smallest absolute Gasteiger partial charge is 0.301 e. The molecule has 4 saturated carbocycles. The van der Waals surface area contributed by atoms with E-state index in [9.17, 15) is 13.2 Å². The van der Waals surface area contributed by atoms with Crippen LogP contribution in [0, 0.1) is 22.7 Å². The molecule has 1 aliphatic heterocycles. The number of benzene rings is 1. The number of ether oxygens (including phenoxy) is 1. The largest absolute Gasteiger partial charge is 0.457 e. The molecule has 0 radical (unpaired) electrons. The van der Waals surface area contributed by atoms with Crippen LogP contribution in [-0.2, 0) is 26.0 Å². The van der Waals surface area contributed by atoms with E-state index in [0.29, 0.717) is 18.3 Å². The summed E-state index contributed by atoms with van der Waals surface area (Å²) >= 11 is 3.41. The van der Waals surface area contributed by atoms with E-state index in [0.717, 1.165) is 42.1 Å². The van der Waals surface area contributed by atoms with Crippen molar-refractivity contribution in [3.05, 3.63) is 34.3 Å². The first-order valence-corrected chi connectivity index (χ1v) is 13.6. The van der Waals surface area contributed by atoms with Gasteiger partial charge in [-0.3, -0.25) is 4.79 Å². The molecule has 4 aliphatic carbocycles. The molecule has 9 heteroatoms. The highest BCUT2D eigenvalue weighted by molar-refractivity contribution is 9.10. The van der Waals surface area contributed by atoms with Gasteiger partial charge in [0.2, 0.25) is 5.91 Å². The highest BCUT2D eigenvalue weighted by Gasteiger charge is 2.84. The predicted octanol–water partition coefficient (Wildman–Crippen LogP) is 2.88. The van der Waals surface area contributed by atoms with Crippen molar-refractivity contribution in [1.82, 2.24) is 5.32 Å². The number of sulfonamides is 1. The van der Waals surface area contributed by atoms with Crippen molar-refractivity contribution in [3.8, 4) is 0 Å². The number of fused-ring (bicyclic) bond motifs is 3. The van der Waals surface area contributed by atoms with Crippen LogP contribution in [-0.4, -0.2) is 36.7 Å². The van der Waals surface area contributed by atoms with Gasteiger partial charge < -0.3 is 15.8 Å². The monoisotopic (exact) mass is 521 g/mol. The van der Waals surface area contributed by atoms with Gasteiger partial charge in [-0.05, 0) is 87.3 Å². The Morgan fingerprint density at radius 1 is 1.19 bits per heavy atom. The molecule has 3 bridgehead atoms. The maximum Gasteiger partial charge on any atom is 0.301 e. The highest BCUT2D eigenvalue weighted by Crippen LogP contribution is 2.85. The van der Waals surface area contributed by atoms with Gasteiger partial charge in [-0.2, -0.15) is 0 Å². The fraction of sp³-hybridized carbons (Fsp3) is 0.652. The average molecular weight is 522 g/mol. The normalized spacial score (nSPS) is 43.8. The van der Waals surface area contributed by atoms with E-state index >= 15 is 0 Å². The third kappa shape index (κ3) is 2.50. The Morgan fingerprint density at radius 2 is 1.88 bits per heavy atom. The minimum absolute atomic E-state index is 0.00968. The summed E-state index contributed by atoms with van der Waals surface area (Å²) in [6, 6.07) is 7.75. The van der Waals surface area contributed by atoms with Crippen molar-refractivity contribution in [2.75, 3.05) is 0 Å². The second-order valence-corrected chi connectivity index (χ2v) is 13.9. The summed E-state index contributed by atoms with van der Waals surface area (Å²) in [6.45, 7) is 3.64. The molecule has 4 fully saturated rings. The molecular formula is C23H28BrN3O4S. The van der Waals surface area contributed by atoms with Gasteiger partial charge in [0.05, 0.1) is 5.41 Å². The van der Waals surface area contributed by atoms with E-state index in [1.165, 1.54) is 0 Å². The molecule has 0 aromatic heterocycles. The minimum atomic E-state index is -3.78. The van der Waals surface area contributed by atoms with Crippen molar-refractivity contribution < 1.29 is 17.9 Å². The van der Waals surface area contributed by atoms with Crippen LogP contribution in [0.2, 0.25) is 0 Å². The lowest BCUT2D eigenvalue weighted by molar-refractivity contribution is -0.157. The van der Waals surface area contributed by atoms with E-state index in [-0.39, 0.29) is 28.3 Å². The molecule has 1 aromatic rings. The molecule has 1 aromatic carbocycles. The molecule has 6 rings (SSSR count). The summed E-state index contributed by atoms with van der Waals surface area (Å²) in [5, 5.41) is 2.68. The van der Waals surface area contributed by atoms with Gasteiger partial charge in [-0.1, -0.05) is 28.1 Å². The first-order valence-electron chi connectivity index (χ1n) is 11.3. The number of rotatable bonds is 4. The number of carbonyl (C=O) groups excluding carboxylic acids is 1. The summed E-state index contributed by atoms with van der Waals surface area (Å²) in [5.74, 6) is 0.615. The third-order valence-corrected chi connectivity index (χ3v) is 11.8. The average Bonchev–Trinajstić information content (AvgIpc) is 3.16. The Bertz CT molecular complexity index is 1170. The second-order valence-electron chi connectivity index (χ2n) is 11.2. The minimum Gasteiger partial charge on any atom is -0.457 e. The fourth-order valence-electron chi connectivity index (χ4n) is 8.05. The number of hydrogen-bond acceptors (Lipinski definition) is 5. The number of nitrogens with one attached hydrogen (secondary N) is 1. The molecule has 6 atom stereocenters. The van der Waals surface area contributed by atoms with E-state index in [1.807, 2.05) is 38.1 Å². The molecule has 32 heavy (non-hydrogen) atoms. The summed E-state index contributed by atoms with van der Waals surface area (Å²) in [4.78, 5) is 12.3. The quantitative estimate of drug-likeness (QED) is 0.632. The van der Waals surface area contributed by atoms with Crippen LogP contribution in [0.5, 0.6) is 0 Å². The molecule has 1 amide bonds. The van der Waals surface area contributed by atoms with Crippen LogP contribution in [0.15, 0.2) is 33.1 Å². The highest BCUT2D eigenvalue weighted by atomic mass is 79.9. The topological polar surface area (TPSA) is 111 Å². The van der Waals surface area contributed by atoms with E-state index in [4.69, 9.17) is 10.5 Å². The van der Waals surface area contributed by atoms with Crippen LogP contribution in [0.1, 0.15) is 51.5 Å². The van der Waals surface area contributed by atoms with Gasteiger partial charge in [-0.15, -0.1) is 4.40 Å². The van der Waals surface area contributed by atoms with Gasteiger partial charge in [0.25, 0.3) is 10.0 Å². The Labute approximate surface area is 196 Å². The first-order chi connectivity index (χ1) is 14.9. The molecule has 3 N–H and O–H groups in total. The van der Waals surface area contributed by atoms with E-state index in [1.54, 1.807) is 0 Å². The summed E-state index contributed by atoms with van der Waals surface area (Å²) < 4.78 is 37.8. The predicted molar refractivity (Wildman–Crippen MR) is 123 cm³/mol. The molecule has 1 spiro atoms. The lowest BCUT2D eigenvalue weighted by Gasteiger charge is -2.56. The van der Waals surface area contributed by atoms with Gasteiger partial charge in [0.1, 0.15) is 10.9 Å². The van der Waals surface area contributed by atoms with E-state index < -0.39 is 20.9 Å². The molecule has 0 saturated heterocycles. The number of amidine groups is 1. The lowest BCUT2D eigenvalue weighted by Crippen LogP contribution is -2.60. The zero-order valence-corrected chi connectivity index (χ0v) is 20.6. The van der Waals surface area contributed by atoms with Crippen molar-refractivity contribution in [2.45, 2.75) is 68.8 Å². The molecule has 5 aliphatic rings. The maximum atomic E-state index is 13.2. The van der Waals surface area contributed by atoms with Gasteiger partial charge in [0.15, 0.2) is 0 Å². The Morgan fingerprint density at radius 3 is 2.53 bits per heavy atom. The molecule has 172 valence electrons. The number of carbonyl (C=O) groups is 1. The number of halogens is 1. The third-order valence-electron chi connectivity index (χ3n) is 9.42. The zero-order chi connectivity index (χ0) is 22.7. The SMILES string of the molecule is CC1(C)OC(NC23CC4CC5(C(N)=O)CC2CC45C3)=NS(=O)(=O)[C@@H]1Cc1ccc(Br)cc1. The number of hydrogen-bond donors (Lipinski definition) is 2. The number of nitrogens with two attached hydrogens (primary N) is 1. The first kappa shape index (κ1) is 21.0. The standard InChI is InChI=1S/C23H28BrN3O4S/c1-20(2)17(7-13-3-5-16(24)6-4-13)32(29,30)27-19(31-20)26-23-11-14-8-21(18(25)28)9-15(23)10-22(14,21)12-23/h3-6,14-15,17H,7-12H2,1-2H3,(H2,25,28)(H,26,27)/t14?,15?,17-,21?,22?,23?/m1/s1. The Hall–Kier alpha value is -1.61. The van der Waals surface area contributed by atoms with Gasteiger partial charge in [0, 0.05) is 10.0 Å². The van der Waals surface area contributed by atoms with Crippen molar-refractivity contribution >= 4 is 37.9 Å². The molecule has 5 unspecified atom stereocenters. The zero-order valence-electron chi connectivity index (χ0n) is 18.2. The van der Waals surface area contributed by atoms with Gasteiger partial charge >= 0.3 is 6.02 Å². The van der Waals surface area contributed by atoms with Gasteiger partial charge in [-0.25, -0.2) is 8.42 Å². The van der Waals surface area contributed by atoms with Crippen LogP contribution < -0.4 is 11.1 Å². The number of nitrogens with zero attached hydrogens (tertiary/aromatic N) is 1. The molecule has 7 nitrogen and oxygen atoms in total. The van der Waals surface area contributed by atoms with Crippen molar-refractivity contribution in [3.63, 3.8) is 0 Å². The van der Waals surface area contributed by atoms with E-state index in [2.05, 4.69) is 25.6 Å².